The van der Waals surface area contributed by atoms with Gasteiger partial charge in [0.1, 0.15) is 6.04 Å². The average Bonchev–Trinajstić information content (AvgIpc) is 3.43. The highest BCUT2D eigenvalue weighted by Crippen LogP contribution is 2.24. The summed E-state index contributed by atoms with van der Waals surface area (Å²) in [5.74, 6) is -1.87. The van der Waals surface area contributed by atoms with Crippen LogP contribution in [0.25, 0.3) is 0 Å². The van der Waals surface area contributed by atoms with Crippen LogP contribution in [0.3, 0.4) is 0 Å². The topological polar surface area (TPSA) is 102 Å². The maximum Gasteiger partial charge on any atom is 0.337 e. The van der Waals surface area contributed by atoms with Crippen LogP contribution < -0.4 is 5.32 Å². The summed E-state index contributed by atoms with van der Waals surface area (Å²) in [6.07, 6.45) is 1.24. The van der Waals surface area contributed by atoms with Crippen LogP contribution in [-0.4, -0.2) is 55.5 Å². The third-order valence-corrected chi connectivity index (χ3v) is 5.45. The summed E-state index contributed by atoms with van der Waals surface area (Å²) in [5.41, 5.74) is 0.445. The summed E-state index contributed by atoms with van der Waals surface area (Å²) < 4.78 is 9.40. The van der Waals surface area contributed by atoms with E-state index in [-0.39, 0.29) is 28.6 Å². The second-order valence-corrected chi connectivity index (χ2v) is 7.35. The summed E-state index contributed by atoms with van der Waals surface area (Å²) in [5, 5.41) is 4.52. The van der Waals surface area contributed by atoms with Crippen LogP contribution in [0.4, 0.5) is 5.69 Å². The van der Waals surface area contributed by atoms with E-state index in [0.717, 1.165) is 0 Å². The molecule has 0 bridgehead atoms. The summed E-state index contributed by atoms with van der Waals surface area (Å²) in [6, 6.07) is 7.04. The summed E-state index contributed by atoms with van der Waals surface area (Å²) in [4.78, 5) is 51.5. The van der Waals surface area contributed by atoms with E-state index in [2.05, 4.69) is 5.32 Å². The molecule has 2 heterocycles. The molecule has 2 amide bonds. The van der Waals surface area contributed by atoms with Gasteiger partial charge in [0.05, 0.1) is 30.2 Å². The molecule has 29 heavy (non-hydrogen) atoms. The quantitative estimate of drug-likeness (QED) is 0.752. The highest BCUT2D eigenvalue weighted by Gasteiger charge is 2.35. The Balaban J connectivity index is 1.82. The van der Waals surface area contributed by atoms with E-state index >= 15 is 0 Å². The molecule has 8 nitrogen and oxygen atoms in total. The number of hydrogen-bond acceptors (Lipinski definition) is 7. The van der Waals surface area contributed by atoms with Gasteiger partial charge in [0.2, 0.25) is 5.91 Å². The summed E-state index contributed by atoms with van der Waals surface area (Å²) in [7, 11) is 2.44. The number of methoxy groups -OCH3 is 2. The van der Waals surface area contributed by atoms with Crippen molar-refractivity contribution in [2.45, 2.75) is 18.9 Å². The van der Waals surface area contributed by atoms with Crippen LogP contribution in [-0.2, 0) is 14.3 Å². The zero-order valence-corrected chi connectivity index (χ0v) is 16.8. The van der Waals surface area contributed by atoms with Crippen LogP contribution in [0, 0.1) is 0 Å². The van der Waals surface area contributed by atoms with E-state index in [9.17, 15) is 19.2 Å². The molecule has 1 N–H and O–H groups in total. The van der Waals surface area contributed by atoms with Crippen LogP contribution in [0.5, 0.6) is 0 Å². The van der Waals surface area contributed by atoms with E-state index in [4.69, 9.17) is 9.47 Å². The number of ether oxygens (including phenoxy) is 2. The Labute approximate surface area is 171 Å². The van der Waals surface area contributed by atoms with Crippen LogP contribution >= 0.6 is 11.3 Å². The predicted molar refractivity (Wildman–Crippen MR) is 106 cm³/mol. The SMILES string of the molecule is COC(=O)c1cc(NC(=O)C2CCCN2C(=O)c2cccs2)cc(C(=O)OC)c1. The Kier molecular flexibility index (Phi) is 6.28. The number of esters is 2. The lowest BCUT2D eigenvalue weighted by molar-refractivity contribution is -0.119. The van der Waals surface area contributed by atoms with E-state index in [1.165, 1.54) is 43.8 Å². The molecule has 0 spiro atoms. The third kappa shape index (κ3) is 4.45. The number of rotatable bonds is 5. The molecule has 3 rings (SSSR count). The van der Waals surface area contributed by atoms with Gasteiger partial charge >= 0.3 is 11.9 Å². The lowest BCUT2D eigenvalue weighted by Crippen LogP contribution is -2.43. The monoisotopic (exact) mass is 416 g/mol. The van der Waals surface area contributed by atoms with Gasteiger partial charge in [-0.15, -0.1) is 11.3 Å². The molecule has 2 aromatic rings. The van der Waals surface area contributed by atoms with Gasteiger partial charge in [-0.2, -0.15) is 0 Å². The minimum atomic E-state index is -0.651. The lowest BCUT2D eigenvalue weighted by Gasteiger charge is -2.23. The van der Waals surface area contributed by atoms with Gasteiger partial charge in [-0.05, 0) is 42.5 Å². The molecular weight excluding hydrogens is 396 g/mol. The van der Waals surface area contributed by atoms with Gasteiger partial charge < -0.3 is 19.7 Å². The van der Waals surface area contributed by atoms with Crippen molar-refractivity contribution in [1.29, 1.82) is 0 Å². The number of nitrogens with one attached hydrogen (secondary N) is 1. The number of likely N-dealkylation sites (tertiary alicyclic amines) is 1. The van der Waals surface area contributed by atoms with E-state index in [0.29, 0.717) is 24.3 Å². The molecule has 1 aromatic carbocycles. The van der Waals surface area contributed by atoms with Crippen LogP contribution in [0.15, 0.2) is 35.7 Å². The largest absolute Gasteiger partial charge is 0.465 e. The van der Waals surface area contributed by atoms with E-state index < -0.39 is 18.0 Å². The molecule has 1 unspecified atom stereocenters. The van der Waals surface area contributed by atoms with Crippen LogP contribution in [0.2, 0.25) is 0 Å². The Bertz CT molecular complexity index is 906. The number of anilines is 1. The first-order valence-corrected chi connectivity index (χ1v) is 9.79. The molecule has 9 heteroatoms. The first kappa shape index (κ1) is 20.5. The second kappa shape index (κ2) is 8.87. The van der Waals surface area contributed by atoms with Crippen LogP contribution in [0.1, 0.15) is 43.2 Å². The van der Waals surface area contributed by atoms with Crippen molar-refractivity contribution in [3.8, 4) is 0 Å². The molecule has 1 aliphatic heterocycles. The first-order chi connectivity index (χ1) is 13.9. The minimum absolute atomic E-state index is 0.101. The highest BCUT2D eigenvalue weighted by atomic mass is 32.1. The molecule has 1 atom stereocenters. The number of carbonyl (C=O) groups excluding carboxylic acids is 4. The number of hydrogen-bond donors (Lipinski definition) is 1. The van der Waals surface area contributed by atoms with Gasteiger partial charge in [0.15, 0.2) is 0 Å². The number of carbonyl (C=O) groups is 4. The Morgan fingerprint density at radius 2 is 1.72 bits per heavy atom. The molecule has 1 fully saturated rings. The van der Waals surface area contributed by atoms with E-state index in [1.807, 2.05) is 5.38 Å². The summed E-state index contributed by atoms with van der Waals surface area (Å²) >= 11 is 1.33. The second-order valence-electron chi connectivity index (χ2n) is 6.41. The van der Waals surface area contributed by atoms with Gasteiger partial charge in [-0.25, -0.2) is 9.59 Å². The van der Waals surface area contributed by atoms with Crippen molar-refractivity contribution in [2.75, 3.05) is 26.1 Å². The first-order valence-electron chi connectivity index (χ1n) is 8.91. The number of thiophene rings is 1. The highest BCUT2D eigenvalue weighted by molar-refractivity contribution is 7.12. The molecule has 0 saturated carbocycles. The van der Waals surface area contributed by atoms with Crippen molar-refractivity contribution < 1.29 is 28.7 Å². The lowest BCUT2D eigenvalue weighted by atomic mass is 10.1. The van der Waals surface area contributed by atoms with Gasteiger partial charge in [-0.1, -0.05) is 6.07 Å². The Hall–Kier alpha value is -3.20. The predicted octanol–water partition coefficient (Wildman–Crippen LogP) is 2.56. The van der Waals surface area contributed by atoms with Crippen molar-refractivity contribution in [2.24, 2.45) is 0 Å². The zero-order chi connectivity index (χ0) is 21.0. The van der Waals surface area contributed by atoms with Crippen molar-refractivity contribution in [3.63, 3.8) is 0 Å². The smallest absolute Gasteiger partial charge is 0.337 e. The molecule has 1 aliphatic rings. The summed E-state index contributed by atoms with van der Waals surface area (Å²) in [6.45, 7) is 0.491. The molecule has 152 valence electrons. The maximum atomic E-state index is 12.9. The standard InChI is InChI=1S/C20H20N2O6S/c1-27-19(25)12-9-13(20(26)28-2)11-14(10-12)21-17(23)15-5-3-7-22(15)18(24)16-6-4-8-29-16/h4,6,8-11,15H,3,5,7H2,1-2H3,(H,21,23). The van der Waals surface area contributed by atoms with Gasteiger partial charge in [-0.3, -0.25) is 9.59 Å². The van der Waals surface area contributed by atoms with Gasteiger partial charge in [0, 0.05) is 12.2 Å². The Morgan fingerprint density at radius 3 is 2.28 bits per heavy atom. The molecule has 1 saturated heterocycles. The van der Waals surface area contributed by atoms with E-state index in [1.54, 1.807) is 17.0 Å². The molecule has 0 radical (unpaired) electrons. The van der Waals surface area contributed by atoms with Crippen molar-refractivity contribution in [1.82, 2.24) is 4.90 Å². The maximum absolute atomic E-state index is 12.9. The number of nitrogens with zero attached hydrogens (tertiary/aromatic N) is 1. The van der Waals surface area contributed by atoms with Crippen molar-refractivity contribution in [3.05, 3.63) is 51.7 Å². The Morgan fingerprint density at radius 1 is 1.07 bits per heavy atom. The minimum Gasteiger partial charge on any atom is -0.465 e. The fourth-order valence-corrected chi connectivity index (χ4v) is 3.90. The fraction of sp³-hybridized carbons (Fsp3) is 0.300. The fourth-order valence-electron chi connectivity index (χ4n) is 3.22. The molecular formula is C20H20N2O6S. The normalized spacial score (nSPS) is 15.7. The van der Waals surface area contributed by atoms with Crippen molar-refractivity contribution >= 4 is 40.8 Å². The molecule has 0 aliphatic carbocycles. The average molecular weight is 416 g/mol. The number of amides is 2. The molecule has 1 aromatic heterocycles. The zero-order valence-electron chi connectivity index (χ0n) is 16.0. The number of benzene rings is 1. The third-order valence-electron chi connectivity index (χ3n) is 4.59. The van der Waals surface area contributed by atoms with Gasteiger partial charge in [0.25, 0.3) is 5.91 Å².